The molecule has 1 aliphatic heterocycles. The van der Waals surface area contributed by atoms with Crippen LogP contribution in [-0.2, 0) is 16.1 Å². The number of hydrogen-bond acceptors (Lipinski definition) is 3. The summed E-state index contributed by atoms with van der Waals surface area (Å²) in [7, 11) is 0. The van der Waals surface area contributed by atoms with Gasteiger partial charge in [-0.15, -0.1) is 6.58 Å². The van der Waals surface area contributed by atoms with Gasteiger partial charge in [0.25, 0.3) is 0 Å². The minimum Gasteiger partial charge on any atom is -0.394 e. The molecule has 0 aliphatic carbocycles. The van der Waals surface area contributed by atoms with E-state index in [1.165, 1.54) is 0 Å². The summed E-state index contributed by atoms with van der Waals surface area (Å²) >= 11 is 0. The lowest BCUT2D eigenvalue weighted by atomic mass is 10.1. The lowest BCUT2D eigenvalue weighted by Crippen LogP contribution is -2.21. The SMILES string of the molecule is C=C[C@@]1(COCc2ccccc2)O[C@H]1CO. The van der Waals surface area contributed by atoms with E-state index in [1.807, 2.05) is 30.3 Å². The molecule has 1 aromatic rings. The summed E-state index contributed by atoms with van der Waals surface area (Å²) in [6.07, 6.45) is 1.56. The first-order valence-electron chi connectivity index (χ1n) is 5.35. The largest absolute Gasteiger partial charge is 0.394 e. The van der Waals surface area contributed by atoms with E-state index in [2.05, 4.69) is 6.58 Å². The molecule has 0 amide bonds. The molecule has 2 atom stereocenters. The zero-order valence-corrected chi connectivity index (χ0v) is 9.13. The molecule has 2 rings (SSSR count). The van der Waals surface area contributed by atoms with E-state index in [-0.39, 0.29) is 12.7 Å². The van der Waals surface area contributed by atoms with Crippen LogP contribution in [-0.4, -0.2) is 30.0 Å². The molecule has 0 saturated carbocycles. The van der Waals surface area contributed by atoms with Gasteiger partial charge in [-0.1, -0.05) is 36.4 Å². The Labute approximate surface area is 95.3 Å². The van der Waals surface area contributed by atoms with E-state index in [0.29, 0.717) is 13.2 Å². The number of rotatable bonds is 6. The van der Waals surface area contributed by atoms with E-state index in [1.54, 1.807) is 6.08 Å². The molecule has 0 aromatic heterocycles. The smallest absolute Gasteiger partial charge is 0.138 e. The molecule has 1 aromatic carbocycles. The van der Waals surface area contributed by atoms with Gasteiger partial charge in [-0.2, -0.15) is 0 Å². The van der Waals surface area contributed by atoms with Gasteiger partial charge in [-0.25, -0.2) is 0 Å². The number of benzene rings is 1. The highest BCUT2D eigenvalue weighted by Gasteiger charge is 2.53. The first kappa shape index (κ1) is 11.3. The van der Waals surface area contributed by atoms with Crippen molar-refractivity contribution in [2.45, 2.75) is 18.3 Å². The molecule has 0 bridgehead atoms. The van der Waals surface area contributed by atoms with Gasteiger partial charge in [0, 0.05) is 0 Å². The summed E-state index contributed by atoms with van der Waals surface area (Å²) in [5.74, 6) is 0. The fraction of sp³-hybridized carbons (Fsp3) is 0.385. The minimum atomic E-state index is -0.469. The van der Waals surface area contributed by atoms with Crippen LogP contribution in [0.15, 0.2) is 43.0 Å². The van der Waals surface area contributed by atoms with Crippen molar-refractivity contribution in [2.24, 2.45) is 0 Å². The van der Waals surface area contributed by atoms with Gasteiger partial charge in [0.1, 0.15) is 11.7 Å². The third-order valence-electron chi connectivity index (χ3n) is 2.80. The first-order valence-corrected chi connectivity index (χ1v) is 5.35. The first-order chi connectivity index (χ1) is 7.80. The van der Waals surface area contributed by atoms with Gasteiger partial charge in [-0.3, -0.25) is 0 Å². The quantitative estimate of drug-likeness (QED) is 0.584. The average Bonchev–Trinajstić information content (AvgIpc) is 3.05. The van der Waals surface area contributed by atoms with Crippen LogP contribution in [0.3, 0.4) is 0 Å². The number of aliphatic hydroxyl groups excluding tert-OH is 1. The Morgan fingerprint density at radius 1 is 1.44 bits per heavy atom. The Kier molecular flexibility index (Phi) is 3.39. The second-order valence-corrected chi connectivity index (χ2v) is 3.93. The third-order valence-corrected chi connectivity index (χ3v) is 2.80. The van der Waals surface area contributed by atoms with Crippen molar-refractivity contribution in [3.63, 3.8) is 0 Å². The van der Waals surface area contributed by atoms with Gasteiger partial charge in [0.05, 0.1) is 19.8 Å². The third kappa shape index (κ3) is 2.32. The van der Waals surface area contributed by atoms with E-state index in [0.717, 1.165) is 5.56 Å². The standard InChI is InChI=1S/C13H16O3/c1-2-13(12(8-14)16-13)10-15-9-11-6-4-3-5-7-11/h2-7,12,14H,1,8-10H2/t12-,13-/m0/s1. The molecule has 0 radical (unpaired) electrons. The van der Waals surface area contributed by atoms with E-state index in [9.17, 15) is 0 Å². The van der Waals surface area contributed by atoms with Crippen LogP contribution in [0, 0.1) is 0 Å². The topological polar surface area (TPSA) is 42.0 Å². The predicted octanol–water partition coefficient (Wildman–Crippen LogP) is 1.52. The van der Waals surface area contributed by atoms with Gasteiger partial charge < -0.3 is 14.6 Å². The van der Waals surface area contributed by atoms with Crippen LogP contribution in [0.25, 0.3) is 0 Å². The van der Waals surface area contributed by atoms with E-state index in [4.69, 9.17) is 14.6 Å². The molecule has 0 spiro atoms. The summed E-state index contributed by atoms with van der Waals surface area (Å²) in [6, 6.07) is 9.95. The molecule has 1 N–H and O–H groups in total. The van der Waals surface area contributed by atoms with Crippen LogP contribution < -0.4 is 0 Å². The number of aliphatic hydroxyl groups is 1. The fourth-order valence-corrected chi connectivity index (χ4v) is 1.69. The molecule has 1 fully saturated rings. The van der Waals surface area contributed by atoms with Gasteiger partial charge in [-0.05, 0) is 5.56 Å². The van der Waals surface area contributed by atoms with E-state index < -0.39 is 5.60 Å². The highest BCUT2D eigenvalue weighted by Crippen LogP contribution is 2.37. The maximum absolute atomic E-state index is 8.96. The molecule has 1 saturated heterocycles. The van der Waals surface area contributed by atoms with Crippen molar-refractivity contribution in [3.8, 4) is 0 Å². The Morgan fingerprint density at radius 3 is 2.75 bits per heavy atom. The normalized spacial score (nSPS) is 27.7. The monoisotopic (exact) mass is 220 g/mol. The summed E-state index contributed by atoms with van der Waals surface area (Å²) in [6.45, 7) is 4.71. The van der Waals surface area contributed by atoms with Crippen LogP contribution >= 0.6 is 0 Å². The molecule has 86 valence electrons. The van der Waals surface area contributed by atoms with Crippen molar-refractivity contribution < 1.29 is 14.6 Å². The zero-order chi connectivity index (χ0) is 11.4. The Balaban J connectivity index is 1.78. The average molecular weight is 220 g/mol. The van der Waals surface area contributed by atoms with Crippen molar-refractivity contribution in [2.75, 3.05) is 13.2 Å². The molecule has 3 nitrogen and oxygen atoms in total. The Hall–Kier alpha value is -1.16. The number of epoxide rings is 1. The lowest BCUT2D eigenvalue weighted by Gasteiger charge is -2.08. The Morgan fingerprint density at radius 2 is 2.19 bits per heavy atom. The van der Waals surface area contributed by atoms with E-state index >= 15 is 0 Å². The lowest BCUT2D eigenvalue weighted by molar-refractivity contribution is 0.0836. The van der Waals surface area contributed by atoms with Crippen molar-refractivity contribution in [1.82, 2.24) is 0 Å². The second kappa shape index (κ2) is 4.78. The predicted molar refractivity (Wildman–Crippen MR) is 61.0 cm³/mol. The van der Waals surface area contributed by atoms with Gasteiger partial charge >= 0.3 is 0 Å². The minimum absolute atomic E-state index is 0.0146. The fourth-order valence-electron chi connectivity index (χ4n) is 1.69. The summed E-state index contributed by atoms with van der Waals surface area (Å²) in [5.41, 5.74) is 0.659. The highest BCUT2D eigenvalue weighted by atomic mass is 16.6. The molecule has 16 heavy (non-hydrogen) atoms. The summed E-state index contributed by atoms with van der Waals surface area (Å²) in [4.78, 5) is 0. The van der Waals surface area contributed by atoms with Crippen molar-refractivity contribution in [3.05, 3.63) is 48.6 Å². The second-order valence-electron chi connectivity index (χ2n) is 3.93. The van der Waals surface area contributed by atoms with Crippen molar-refractivity contribution in [1.29, 1.82) is 0 Å². The van der Waals surface area contributed by atoms with Crippen LogP contribution in [0.4, 0.5) is 0 Å². The molecular weight excluding hydrogens is 204 g/mol. The Bertz CT molecular complexity index is 349. The molecule has 3 heteroatoms. The van der Waals surface area contributed by atoms with Crippen LogP contribution in [0.5, 0.6) is 0 Å². The number of ether oxygens (including phenoxy) is 2. The molecule has 0 unspecified atom stereocenters. The molecule has 1 heterocycles. The van der Waals surface area contributed by atoms with Crippen molar-refractivity contribution >= 4 is 0 Å². The maximum Gasteiger partial charge on any atom is 0.138 e. The number of hydrogen-bond donors (Lipinski definition) is 1. The van der Waals surface area contributed by atoms with Crippen LogP contribution in [0.1, 0.15) is 5.56 Å². The zero-order valence-electron chi connectivity index (χ0n) is 9.13. The maximum atomic E-state index is 8.96. The van der Waals surface area contributed by atoms with Crippen LogP contribution in [0.2, 0.25) is 0 Å². The van der Waals surface area contributed by atoms with Gasteiger partial charge in [0.2, 0.25) is 0 Å². The molecule has 1 aliphatic rings. The summed E-state index contributed by atoms with van der Waals surface area (Å²) in [5, 5.41) is 8.96. The highest BCUT2D eigenvalue weighted by molar-refractivity contribution is 5.16. The molecular formula is C13H16O3. The van der Waals surface area contributed by atoms with Gasteiger partial charge in [0.15, 0.2) is 0 Å². The summed E-state index contributed by atoms with van der Waals surface area (Å²) < 4.78 is 10.9.